The lowest BCUT2D eigenvalue weighted by molar-refractivity contribution is 0.846. The van der Waals surface area contributed by atoms with E-state index < -0.39 is 0 Å². The normalized spacial score (nSPS) is 10.5. The first-order valence-corrected chi connectivity index (χ1v) is 6.68. The van der Waals surface area contributed by atoms with Crippen molar-refractivity contribution < 1.29 is 0 Å². The van der Waals surface area contributed by atoms with Crippen LogP contribution in [0, 0.1) is 6.92 Å². The van der Waals surface area contributed by atoms with Crippen molar-refractivity contribution in [3.05, 3.63) is 36.0 Å². The Hall–Kier alpha value is -2.04. The van der Waals surface area contributed by atoms with Crippen molar-refractivity contribution in [3.8, 4) is 0 Å². The third kappa shape index (κ3) is 3.47. The molecule has 2 aromatic rings. The van der Waals surface area contributed by atoms with Gasteiger partial charge in [-0.1, -0.05) is 0 Å². The van der Waals surface area contributed by atoms with Crippen molar-refractivity contribution in [2.45, 2.75) is 27.3 Å². The molecule has 102 valence electrons. The van der Waals surface area contributed by atoms with E-state index in [9.17, 15) is 0 Å². The number of aryl methyl sites for hydroxylation is 1. The largest absolute Gasteiger partial charge is 0.378 e. The zero-order valence-electron chi connectivity index (χ0n) is 11.8. The van der Waals surface area contributed by atoms with E-state index in [0.717, 1.165) is 42.7 Å². The number of nitrogens with one attached hydrogen (secondary N) is 2. The first-order valence-electron chi connectivity index (χ1n) is 6.68. The maximum atomic E-state index is 4.48. The highest BCUT2D eigenvalue weighted by atomic mass is 15.2. The highest BCUT2D eigenvalue weighted by Crippen LogP contribution is 2.14. The molecule has 0 saturated carbocycles. The third-order valence-corrected chi connectivity index (χ3v) is 3.07. The predicted octanol–water partition coefficient (Wildman–Crippen LogP) is 2.57. The molecule has 5 nitrogen and oxygen atoms in total. The summed E-state index contributed by atoms with van der Waals surface area (Å²) >= 11 is 0. The van der Waals surface area contributed by atoms with Gasteiger partial charge in [-0.25, -0.2) is 9.97 Å². The van der Waals surface area contributed by atoms with Gasteiger partial charge in [0.2, 0.25) is 0 Å². The molecule has 0 aliphatic heterocycles. The van der Waals surface area contributed by atoms with Gasteiger partial charge >= 0.3 is 0 Å². The highest BCUT2D eigenvalue weighted by molar-refractivity contribution is 5.48. The minimum Gasteiger partial charge on any atom is -0.378 e. The van der Waals surface area contributed by atoms with Gasteiger partial charge in [0.15, 0.2) is 0 Å². The number of nitrogens with zero attached hydrogens (tertiary/aromatic N) is 3. The molecular weight excluding hydrogens is 238 g/mol. The Bertz CT molecular complexity index is 499. The Morgan fingerprint density at radius 3 is 2.47 bits per heavy atom. The average molecular weight is 259 g/mol. The van der Waals surface area contributed by atoms with Crippen LogP contribution in [0.25, 0.3) is 0 Å². The smallest absolute Gasteiger partial charge is 0.128 e. The first kappa shape index (κ1) is 13.4. The van der Waals surface area contributed by atoms with E-state index in [1.54, 1.807) is 0 Å². The van der Waals surface area contributed by atoms with Gasteiger partial charge in [-0.15, -0.1) is 0 Å². The number of hydrogen-bond donors (Lipinski definition) is 2. The molecule has 2 heterocycles. The zero-order chi connectivity index (χ0) is 13.7. The van der Waals surface area contributed by atoms with Gasteiger partial charge in [-0.3, -0.25) is 0 Å². The van der Waals surface area contributed by atoms with Crippen LogP contribution in [0.3, 0.4) is 0 Å². The monoisotopic (exact) mass is 259 g/mol. The molecule has 0 atom stereocenters. The summed E-state index contributed by atoms with van der Waals surface area (Å²) in [4.78, 5) is 14.1. The number of imidazole rings is 1. The lowest BCUT2D eigenvalue weighted by atomic mass is 10.3. The average Bonchev–Trinajstić information content (AvgIpc) is 2.85. The first-order chi connectivity index (χ1) is 9.22. The van der Waals surface area contributed by atoms with Gasteiger partial charge < -0.3 is 15.2 Å². The number of anilines is 2. The van der Waals surface area contributed by atoms with E-state index >= 15 is 0 Å². The van der Waals surface area contributed by atoms with Crippen molar-refractivity contribution in [3.63, 3.8) is 0 Å². The maximum absolute atomic E-state index is 4.48. The SMILES string of the molecule is CCN(CC)c1ccc(NCc2cnc(C)[nH]2)cn1. The minimum absolute atomic E-state index is 0.729. The molecule has 5 heteroatoms. The Morgan fingerprint density at radius 2 is 1.95 bits per heavy atom. The fraction of sp³-hybridized carbons (Fsp3) is 0.429. The van der Waals surface area contributed by atoms with Crippen molar-refractivity contribution in [2.75, 3.05) is 23.3 Å². The van der Waals surface area contributed by atoms with Crippen LogP contribution >= 0.6 is 0 Å². The van der Waals surface area contributed by atoms with E-state index in [1.165, 1.54) is 0 Å². The molecule has 0 unspecified atom stereocenters. The second kappa shape index (κ2) is 6.22. The van der Waals surface area contributed by atoms with Gasteiger partial charge in [0.05, 0.1) is 30.3 Å². The molecule has 0 fully saturated rings. The second-order valence-corrected chi connectivity index (χ2v) is 4.42. The van der Waals surface area contributed by atoms with Crippen LogP contribution in [-0.2, 0) is 6.54 Å². The van der Waals surface area contributed by atoms with E-state index in [4.69, 9.17) is 0 Å². The van der Waals surface area contributed by atoms with E-state index in [1.807, 2.05) is 25.4 Å². The van der Waals surface area contributed by atoms with Crippen molar-refractivity contribution in [1.29, 1.82) is 0 Å². The fourth-order valence-corrected chi connectivity index (χ4v) is 1.98. The molecule has 0 spiro atoms. The summed E-state index contributed by atoms with van der Waals surface area (Å²) in [7, 11) is 0. The van der Waals surface area contributed by atoms with Crippen LogP contribution in [0.1, 0.15) is 25.4 Å². The molecule has 0 saturated heterocycles. The fourth-order valence-electron chi connectivity index (χ4n) is 1.98. The molecule has 0 aliphatic carbocycles. The molecule has 0 bridgehead atoms. The number of hydrogen-bond acceptors (Lipinski definition) is 4. The van der Waals surface area contributed by atoms with Gasteiger partial charge in [0.25, 0.3) is 0 Å². The lowest BCUT2D eigenvalue weighted by Gasteiger charge is -2.19. The van der Waals surface area contributed by atoms with E-state index in [-0.39, 0.29) is 0 Å². The highest BCUT2D eigenvalue weighted by Gasteiger charge is 2.03. The molecular formula is C14H21N5. The summed E-state index contributed by atoms with van der Waals surface area (Å²) in [6.45, 7) is 8.90. The number of pyridine rings is 1. The van der Waals surface area contributed by atoms with Crippen LogP contribution in [0.5, 0.6) is 0 Å². The van der Waals surface area contributed by atoms with E-state index in [2.05, 4.69) is 45.1 Å². The molecule has 0 radical (unpaired) electrons. The zero-order valence-corrected chi connectivity index (χ0v) is 11.8. The van der Waals surface area contributed by atoms with Gasteiger partial charge in [0.1, 0.15) is 11.6 Å². The molecule has 19 heavy (non-hydrogen) atoms. The Morgan fingerprint density at radius 1 is 1.16 bits per heavy atom. The number of aromatic nitrogens is 3. The second-order valence-electron chi connectivity index (χ2n) is 4.42. The van der Waals surface area contributed by atoms with Crippen molar-refractivity contribution in [2.24, 2.45) is 0 Å². The number of H-pyrrole nitrogens is 1. The van der Waals surface area contributed by atoms with Gasteiger partial charge in [0, 0.05) is 13.1 Å². The molecule has 0 aromatic carbocycles. The van der Waals surface area contributed by atoms with Crippen molar-refractivity contribution in [1.82, 2.24) is 15.0 Å². The molecule has 2 rings (SSSR count). The standard InChI is InChI=1S/C14H21N5/c1-4-19(5-2)14-7-6-12(8-17-14)16-10-13-9-15-11(3)18-13/h6-9,16H,4-5,10H2,1-3H3,(H,15,18). The summed E-state index contributed by atoms with van der Waals surface area (Å²) in [6, 6.07) is 4.11. The van der Waals surface area contributed by atoms with Crippen LogP contribution in [0.2, 0.25) is 0 Å². The van der Waals surface area contributed by atoms with Crippen LogP contribution in [0.4, 0.5) is 11.5 Å². The van der Waals surface area contributed by atoms with Crippen LogP contribution in [-0.4, -0.2) is 28.0 Å². The minimum atomic E-state index is 0.729. The number of rotatable bonds is 6. The van der Waals surface area contributed by atoms with Crippen LogP contribution < -0.4 is 10.2 Å². The molecule has 2 aromatic heterocycles. The summed E-state index contributed by atoms with van der Waals surface area (Å²) in [6.07, 6.45) is 3.72. The molecule has 0 aliphatic rings. The Balaban J connectivity index is 1.95. The topological polar surface area (TPSA) is 56.8 Å². The number of aromatic amines is 1. The van der Waals surface area contributed by atoms with E-state index in [0.29, 0.717) is 0 Å². The third-order valence-electron chi connectivity index (χ3n) is 3.07. The Kier molecular flexibility index (Phi) is 4.39. The summed E-state index contributed by atoms with van der Waals surface area (Å²) < 4.78 is 0. The molecule has 0 amide bonds. The molecule has 2 N–H and O–H groups in total. The van der Waals surface area contributed by atoms with Gasteiger partial charge in [-0.05, 0) is 32.9 Å². The predicted molar refractivity (Wildman–Crippen MR) is 78.4 cm³/mol. The van der Waals surface area contributed by atoms with Crippen molar-refractivity contribution >= 4 is 11.5 Å². The summed E-state index contributed by atoms with van der Waals surface area (Å²) in [5, 5.41) is 3.32. The van der Waals surface area contributed by atoms with Gasteiger partial charge in [-0.2, -0.15) is 0 Å². The lowest BCUT2D eigenvalue weighted by Crippen LogP contribution is -2.22. The maximum Gasteiger partial charge on any atom is 0.128 e. The summed E-state index contributed by atoms with van der Waals surface area (Å²) in [5.41, 5.74) is 2.09. The Labute approximate surface area is 114 Å². The quantitative estimate of drug-likeness (QED) is 0.837. The summed E-state index contributed by atoms with van der Waals surface area (Å²) in [5.74, 6) is 1.96. The van der Waals surface area contributed by atoms with Crippen LogP contribution in [0.15, 0.2) is 24.5 Å².